The van der Waals surface area contributed by atoms with E-state index in [1.807, 2.05) is 84.3 Å². The molecule has 0 amide bonds. The second-order valence-corrected chi connectivity index (χ2v) is 14.9. The molecule has 0 saturated carbocycles. The van der Waals surface area contributed by atoms with Crippen molar-refractivity contribution in [3.63, 3.8) is 0 Å². The number of hydrogen-bond donors (Lipinski definition) is 0. The molecule has 7 aromatic carbocycles. The normalized spacial score (nSPS) is 11.6. The molecule has 0 aliphatic heterocycles. The van der Waals surface area contributed by atoms with Gasteiger partial charge >= 0.3 is 0 Å². The molecule has 0 radical (unpaired) electrons. The van der Waals surface area contributed by atoms with Gasteiger partial charge in [0.25, 0.3) is 0 Å². The number of aromatic nitrogens is 5. The summed E-state index contributed by atoms with van der Waals surface area (Å²) in [5.74, 6) is 1.80. The maximum absolute atomic E-state index is 5.23. The Balaban J connectivity index is 1.18. The van der Waals surface area contributed by atoms with E-state index in [9.17, 15) is 0 Å². The van der Waals surface area contributed by atoms with E-state index < -0.39 is 0 Å². The van der Waals surface area contributed by atoms with Crippen molar-refractivity contribution in [2.45, 2.75) is 0 Å². The first-order valence-electron chi connectivity index (χ1n) is 18.6. The molecule has 56 heavy (non-hydrogen) atoms. The van der Waals surface area contributed by atoms with Crippen LogP contribution >= 0.6 is 11.3 Å². The largest absolute Gasteiger partial charge is 0.309 e. The zero-order valence-electron chi connectivity index (χ0n) is 30.0. The second-order valence-electron chi connectivity index (χ2n) is 13.9. The molecule has 0 saturated heterocycles. The molecule has 4 heterocycles. The van der Waals surface area contributed by atoms with Crippen LogP contribution in [0.2, 0.25) is 0 Å². The summed E-state index contributed by atoms with van der Waals surface area (Å²) in [7, 11) is 0. The highest BCUT2D eigenvalue weighted by molar-refractivity contribution is 7.26. The Morgan fingerprint density at radius 3 is 1.68 bits per heavy atom. The van der Waals surface area contributed by atoms with Crippen molar-refractivity contribution >= 4 is 53.3 Å². The lowest BCUT2D eigenvalue weighted by Gasteiger charge is -2.13. The van der Waals surface area contributed by atoms with E-state index in [2.05, 4.69) is 120 Å². The monoisotopic (exact) mass is 733 g/mol. The summed E-state index contributed by atoms with van der Waals surface area (Å²) in [6, 6.07) is 63.4. The molecule has 262 valence electrons. The van der Waals surface area contributed by atoms with Crippen LogP contribution in [0.4, 0.5) is 0 Å². The zero-order valence-corrected chi connectivity index (χ0v) is 30.9. The maximum atomic E-state index is 5.23. The van der Waals surface area contributed by atoms with Crippen molar-refractivity contribution in [3.8, 4) is 62.2 Å². The van der Waals surface area contributed by atoms with Crippen LogP contribution in [-0.2, 0) is 0 Å². The molecule has 0 aliphatic rings. The summed E-state index contributed by atoms with van der Waals surface area (Å²) in [5, 5.41) is 4.96. The van der Waals surface area contributed by atoms with Crippen molar-refractivity contribution in [2.75, 3.05) is 0 Å². The smallest absolute Gasteiger partial charge is 0.166 e. The molecule has 0 N–H and O–H groups in total. The summed E-state index contributed by atoms with van der Waals surface area (Å²) in [6.45, 7) is 0. The lowest BCUT2D eigenvalue weighted by atomic mass is 9.98. The summed E-state index contributed by atoms with van der Waals surface area (Å²) < 4.78 is 4.87. The Kier molecular flexibility index (Phi) is 7.60. The zero-order chi connectivity index (χ0) is 37.0. The average molecular weight is 734 g/mol. The predicted octanol–water partition coefficient (Wildman–Crippen LogP) is 13.1. The first kappa shape index (κ1) is 32.2. The van der Waals surface area contributed by atoms with E-state index in [1.54, 1.807) is 0 Å². The summed E-state index contributed by atoms with van der Waals surface area (Å²) in [4.78, 5) is 20.6. The second kappa shape index (κ2) is 13.2. The highest BCUT2D eigenvalue weighted by Gasteiger charge is 2.21. The molecule has 5 nitrogen and oxygen atoms in total. The van der Waals surface area contributed by atoms with Crippen LogP contribution in [0.3, 0.4) is 0 Å². The Labute approximate surface area is 326 Å². The van der Waals surface area contributed by atoms with Crippen LogP contribution in [0, 0.1) is 0 Å². The molecular formula is C50H31N5S. The summed E-state index contributed by atoms with van der Waals surface area (Å²) >= 11 is 1.83. The fourth-order valence-corrected chi connectivity index (χ4v) is 9.01. The number of nitrogens with zero attached hydrogens (tertiary/aromatic N) is 5. The number of pyridine rings is 1. The van der Waals surface area contributed by atoms with Crippen molar-refractivity contribution in [1.29, 1.82) is 0 Å². The van der Waals surface area contributed by atoms with Gasteiger partial charge in [-0.05, 0) is 54.1 Å². The number of fused-ring (bicyclic) bond motifs is 7. The quantitative estimate of drug-likeness (QED) is 0.171. The van der Waals surface area contributed by atoms with Gasteiger partial charge in [0.05, 0.1) is 16.7 Å². The fourth-order valence-electron chi connectivity index (χ4n) is 7.91. The number of para-hydroxylation sites is 2. The Morgan fingerprint density at radius 1 is 0.393 bits per heavy atom. The summed E-state index contributed by atoms with van der Waals surface area (Å²) in [6.07, 6.45) is 1.97. The van der Waals surface area contributed by atoms with E-state index >= 15 is 0 Å². The van der Waals surface area contributed by atoms with Gasteiger partial charge in [-0.25, -0.2) is 15.0 Å². The Morgan fingerprint density at radius 2 is 0.982 bits per heavy atom. The van der Waals surface area contributed by atoms with Crippen molar-refractivity contribution < 1.29 is 0 Å². The minimum atomic E-state index is 0.571. The van der Waals surface area contributed by atoms with E-state index in [0.717, 1.165) is 44.8 Å². The molecule has 0 bridgehead atoms. The molecule has 0 unspecified atom stereocenters. The average Bonchev–Trinajstić information content (AvgIpc) is 3.82. The van der Waals surface area contributed by atoms with Crippen molar-refractivity contribution in [1.82, 2.24) is 24.5 Å². The van der Waals surface area contributed by atoms with Gasteiger partial charge in [0.1, 0.15) is 0 Å². The third-order valence-corrected chi connectivity index (χ3v) is 11.6. The van der Waals surface area contributed by atoms with Crippen LogP contribution < -0.4 is 0 Å². The van der Waals surface area contributed by atoms with Gasteiger partial charge in [0, 0.05) is 70.6 Å². The molecule has 0 spiro atoms. The number of benzene rings is 7. The lowest BCUT2D eigenvalue weighted by molar-refractivity contribution is 1.07. The molecular weight excluding hydrogens is 703 g/mol. The third-order valence-electron chi connectivity index (χ3n) is 10.5. The van der Waals surface area contributed by atoms with E-state index in [1.165, 1.54) is 42.0 Å². The van der Waals surface area contributed by atoms with Gasteiger partial charge in [0.15, 0.2) is 17.5 Å². The molecule has 0 aliphatic carbocycles. The molecule has 6 heteroatoms. The van der Waals surface area contributed by atoms with Crippen molar-refractivity contribution in [2.24, 2.45) is 0 Å². The van der Waals surface area contributed by atoms with E-state index in [4.69, 9.17) is 19.9 Å². The SMILES string of the molecule is c1ccc(-c2cnc(-c3ccc4sc5ccc6c(c7ccccc7n6-c6ccccc6)c5c4c3)c(-c3nc(-c4ccccc4)nc(-c4ccccc4)n3)c2)cc1. The highest BCUT2D eigenvalue weighted by atomic mass is 32.1. The molecule has 0 atom stereocenters. The number of rotatable bonds is 6. The van der Waals surface area contributed by atoms with Crippen LogP contribution in [0.1, 0.15) is 0 Å². The minimum absolute atomic E-state index is 0.571. The predicted molar refractivity (Wildman–Crippen MR) is 232 cm³/mol. The van der Waals surface area contributed by atoms with Crippen LogP contribution in [0.15, 0.2) is 188 Å². The van der Waals surface area contributed by atoms with Crippen molar-refractivity contribution in [3.05, 3.63) is 188 Å². The summed E-state index contributed by atoms with van der Waals surface area (Å²) in [5.41, 5.74) is 10.1. The Bertz CT molecular complexity index is 3170. The molecule has 11 aromatic rings. The fraction of sp³-hybridized carbons (Fsp3) is 0. The third kappa shape index (κ3) is 5.38. The highest BCUT2D eigenvalue weighted by Crippen LogP contribution is 2.45. The van der Waals surface area contributed by atoms with Crippen LogP contribution in [-0.4, -0.2) is 24.5 Å². The van der Waals surface area contributed by atoms with Gasteiger partial charge in [-0.1, -0.05) is 133 Å². The van der Waals surface area contributed by atoms with Gasteiger partial charge in [-0.15, -0.1) is 11.3 Å². The van der Waals surface area contributed by atoms with Crippen LogP contribution in [0.5, 0.6) is 0 Å². The van der Waals surface area contributed by atoms with Gasteiger partial charge in [0.2, 0.25) is 0 Å². The number of hydrogen-bond acceptors (Lipinski definition) is 5. The standard InChI is InChI=1S/C50H31N5S/c1-5-15-32(16-6-1)36-30-40(50-53-48(33-17-7-2-8-18-33)52-49(54-50)34-19-9-3-10-20-34)47(51-31-36)35-25-27-43-39(29-35)46-44(56-43)28-26-42-45(46)38-23-13-14-24-41(38)55(42)37-21-11-4-12-22-37/h1-31H. The van der Waals surface area contributed by atoms with E-state index in [0.29, 0.717) is 17.5 Å². The first-order chi connectivity index (χ1) is 27.8. The van der Waals surface area contributed by atoms with E-state index in [-0.39, 0.29) is 0 Å². The molecule has 4 aromatic heterocycles. The minimum Gasteiger partial charge on any atom is -0.309 e. The topological polar surface area (TPSA) is 56.5 Å². The maximum Gasteiger partial charge on any atom is 0.166 e. The van der Waals surface area contributed by atoms with Gasteiger partial charge in [-0.2, -0.15) is 0 Å². The Hall–Kier alpha value is -7.28. The molecule has 11 rings (SSSR count). The van der Waals surface area contributed by atoms with Gasteiger partial charge < -0.3 is 4.57 Å². The number of thiophene rings is 1. The van der Waals surface area contributed by atoms with Gasteiger partial charge in [-0.3, -0.25) is 4.98 Å². The molecule has 0 fully saturated rings. The lowest BCUT2D eigenvalue weighted by Crippen LogP contribution is -2.02. The van der Waals surface area contributed by atoms with Crippen LogP contribution in [0.25, 0.3) is 104 Å². The first-order valence-corrected chi connectivity index (χ1v) is 19.5.